The molecule has 2 atom stereocenters. The summed E-state index contributed by atoms with van der Waals surface area (Å²) < 4.78 is 6.05. The minimum atomic E-state index is 0.352. The van der Waals surface area contributed by atoms with E-state index in [1.165, 1.54) is 6.42 Å². The smallest absolute Gasteiger partial charge is 0.119 e. The van der Waals surface area contributed by atoms with Crippen LogP contribution in [0.25, 0.3) is 0 Å². The van der Waals surface area contributed by atoms with E-state index in [9.17, 15) is 0 Å². The molecule has 1 aliphatic carbocycles. The molecule has 0 amide bonds. The van der Waals surface area contributed by atoms with Crippen LogP contribution in [0.3, 0.4) is 0 Å². The third kappa shape index (κ3) is 3.50. The van der Waals surface area contributed by atoms with Crippen molar-refractivity contribution in [1.29, 1.82) is 5.26 Å². The molecule has 1 aromatic rings. The van der Waals surface area contributed by atoms with Crippen LogP contribution < -0.4 is 4.74 Å². The summed E-state index contributed by atoms with van der Waals surface area (Å²) in [5, 5.41) is 8.63. The minimum absolute atomic E-state index is 0.352. The first-order valence-corrected chi connectivity index (χ1v) is 6.80. The summed E-state index contributed by atoms with van der Waals surface area (Å²) in [7, 11) is 0. The molecule has 1 aromatic carbocycles. The molecule has 0 aromatic heterocycles. The predicted octanol–water partition coefficient (Wildman–Crippen LogP) is 3.96. The molecule has 0 radical (unpaired) electrons. The Balaban J connectivity index is 1.94. The van der Waals surface area contributed by atoms with E-state index in [-0.39, 0.29) is 0 Å². The molecule has 2 rings (SSSR count). The van der Waals surface area contributed by atoms with E-state index >= 15 is 0 Å². The van der Waals surface area contributed by atoms with E-state index in [0.29, 0.717) is 12.5 Å². The summed E-state index contributed by atoms with van der Waals surface area (Å²) in [6.07, 6.45) is 4.46. The maximum atomic E-state index is 8.63. The number of benzene rings is 1. The molecule has 2 heteroatoms. The molecule has 1 aliphatic rings. The van der Waals surface area contributed by atoms with Crippen molar-refractivity contribution in [2.45, 2.75) is 45.6 Å². The van der Waals surface area contributed by atoms with Gasteiger partial charge in [-0.05, 0) is 48.8 Å². The Hall–Kier alpha value is -1.49. The Kier molecular flexibility index (Phi) is 4.25. The van der Waals surface area contributed by atoms with E-state index in [2.05, 4.69) is 19.9 Å². The molecule has 1 fully saturated rings. The number of hydrogen-bond acceptors (Lipinski definition) is 2. The standard InChI is InChI=1S/C16H21NO/c1-12-9-13(2)11-16(10-12)18-15-5-3-14(4-6-15)7-8-17/h3-6,12-13,16H,7,9-11H2,1-2H3. The van der Waals surface area contributed by atoms with Gasteiger partial charge in [-0.25, -0.2) is 0 Å². The Morgan fingerprint density at radius 3 is 2.28 bits per heavy atom. The molecule has 0 N–H and O–H groups in total. The first-order chi connectivity index (χ1) is 8.67. The van der Waals surface area contributed by atoms with Crippen LogP contribution in [0, 0.1) is 23.2 Å². The first-order valence-electron chi connectivity index (χ1n) is 6.80. The van der Waals surface area contributed by atoms with E-state index in [0.717, 1.165) is 36.0 Å². The molecule has 0 aliphatic heterocycles. The fourth-order valence-electron chi connectivity index (χ4n) is 2.94. The quantitative estimate of drug-likeness (QED) is 0.805. The second kappa shape index (κ2) is 5.91. The summed E-state index contributed by atoms with van der Waals surface area (Å²) >= 11 is 0. The fraction of sp³-hybridized carbons (Fsp3) is 0.562. The number of ether oxygens (including phenoxy) is 1. The lowest BCUT2D eigenvalue weighted by atomic mass is 9.82. The van der Waals surface area contributed by atoms with E-state index in [1.807, 2.05) is 24.3 Å². The van der Waals surface area contributed by atoms with Gasteiger partial charge in [-0.15, -0.1) is 0 Å². The van der Waals surface area contributed by atoms with Gasteiger partial charge in [0.1, 0.15) is 5.75 Å². The van der Waals surface area contributed by atoms with Gasteiger partial charge in [0.25, 0.3) is 0 Å². The van der Waals surface area contributed by atoms with Gasteiger partial charge >= 0.3 is 0 Å². The number of hydrogen-bond donors (Lipinski definition) is 0. The third-order valence-corrected chi connectivity index (χ3v) is 3.64. The largest absolute Gasteiger partial charge is 0.490 e. The highest BCUT2D eigenvalue weighted by molar-refractivity contribution is 5.28. The molecule has 1 saturated carbocycles. The zero-order valence-corrected chi connectivity index (χ0v) is 11.2. The average Bonchev–Trinajstić information content (AvgIpc) is 2.31. The lowest BCUT2D eigenvalue weighted by molar-refractivity contribution is 0.101. The van der Waals surface area contributed by atoms with E-state index in [1.54, 1.807) is 0 Å². The van der Waals surface area contributed by atoms with Gasteiger partial charge in [-0.1, -0.05) is 26.0 Å². The van der Waals surface area contributed by atoms with Gasteiger partial charge in [0.15, 0.2) is 0 Å². The van der Waals surface area contributed by atoms with Crippen molar-refractivity contribution in [1.82, 2.24) is 0 Å². The van der Waals surface area contributed by atoms with Crippen molar-refractivity contribution < 1.29 is 4.74 Å². The van der Waals surface area contributed by atoms with Crippen LogP contribution >= 0.6 is 0 Å². The number of rotatable bonds is 3. The summed E-state index contributed by atoms with van der Waals surface area (Å²) in [5.74, 6) is 2.45. The topological polar surface area (TPSA) is 33.0 Å². The molecule has 0 heterocycles. The Morgan fingerprint density at radius 2 is 1.72 bits per heavy atom. The summed E-state index contributed by atoms with van der Waals surface area (Å²) in [5.41, 5.74) is 1.05. The highest BCUT2D eigenvalue weighted by atomic mass is 16.5. The van der Waals surface area contributed by atoms with Crippen LogP contribution in [0.5, 0.6) is 5.75 Å². The van der Waals surface area contributed by atoms with Crippen LogP contribution in [-0.4, -0.2) is 6.10 Å². The summed E-state index contributed by atoms with van der Waals surface area (Å²) in [4.78, 5) is 0. The van der Waals surface area contributed by atoms with Gasteiger partial charge < -0.3 is 4.74 Å². The van der Waals surface area contributed by atoms with E-state index in [4.69, 9.17) is 10.00 Å². The Morgan fingerprint density at radius 1 is 1.11 bits per heavy atom. The van der Waals surface area contributed by atoms with Crippen molar-refractivity contribution >= 4 is 0 Å². The highest BCUT2D eigenvalue weighted by Crippen LogP contribution is 2.31. The summed E-state index contributed by atoms with van der Waals surface area (Å²) in [6, 6.07) is 10.1. The maximum absolute atomic E-state index is 8.63. The lowest BCUT2D eigenvalue weighted by Gasteiger charge is -2.31. The fourth-order valence-corrected chi connectivity index (χ4v) is 2.94. The van der Waals surface area contributed by atoms with Crippen LogP contribution in [0.4, 0.5) is 0 Å². The monoisotopic (exact) mass is 243 g/mol. The van der Waals surface area contributed by atoms with Gasteiger partial charge in [0.05, 0.1) is 18.6 Å². The second-order valence-electron chi connectivity index (χ2n) is 5.64. The Labute approximate surface area is 110 Å². The molecule has 0 bridgehead atoms. The SMILES string of the molecule is CC1CC(C)CC(Oc2ccc(CC#N)cc2)C1. The predicted molar refractivity (Wildman–Crippen MR) is 72.4 cm³/mol. The molecular formula is C16H21NO. The summed E-state index contributed by atoms with van der Waals surface area (Å²) in [6.45, 7) is 4.62. The molecular weight excluding hydrogens is 222 g/mol. The minimum Gasteiger partial charge on any atom is -0.490 e. The first kappa shape index (κ1) is 13.0. The van der Waals surface area contributed by atoms with Gasteiger partial charge in [0, 0.05) is 0 Å². The number of nitriles is 1. The zero-order valence-electron chi connectivity index (χ0n) is 11.2. The van der Waals surface area contributed by atoms with Crippen LogP contribution in [0.2, 0.25) is 0 Å². The van der Waals surface area contributed by atoms with Crippen LogP contribution in [-0.2, 0) is 6.42 Å². The molecule has 18 heavy (non-hydrogen) atoms. The molecule has 0 saturated heterocycles. The molecule has 2 nitrogen and oxygen atoms in total. The van der Waals surface area contributed by atoms with Crippen LogP contribution in [0.1, 0.15) is 38.7 Å². The maximum Gasteiger partial charge on any atom is 0.119 e. The Bertz CT molecular complexity index is 408. The molecule has 2 unspecified atom stereocenters. The van der Waals surface area contributed by atoms with Crippen molar-refractivity contribution in [3.05, 3.63) is 29.8 Å². The second-order valence-corrected chi connectivity index (χ2v) is 5.64. The third-order valence-electron chi connectivity index (χ3n) is 3.64. The highest BCUT2D eigenvalue weighted by Gasteiger charge is 2.25. The van der Waals surface area contributed by atoms with Crippen molar-refractivity contribution in [3.8, 4) is 11.8 Å². The number of nitrogens with zero attached hydrogens (tertiary/aromatic N) is 1. The van der Waals surface area contributed by atoms with Gasteiger partial charge in [-0.3, -0.25) is 0 Å². The normalized spacial score (nSPS) is 27.5. The molecule has 96 valence electrons. The van der Waals surface area contributed by atoms with Gasteiger partial charge in [-0.2, -0.15) is 5.26 Å². The van der Waals surface area contributed by atoms with Crippen molar-refractivity contribution in [3.63, 3.8) is 0 Å². The van der Waals surface area contributed by atoms with Gasteiger partial charge in [0.2, 0.25) is 0 Å². The lowest BCUT2D eigenvalue weighted by Crippen LogP contribution is -2.28. The zero-order chi connectivity index (χ0) is 13.0. The van der Waals surface area contributed by atoms with E-state index < -0.39 is 0 Å². The van der Waals surface area contributed by atoms with Crippen molar-refractivity contribution in [2.24, 2.45) is 11.8 Å². The average molecular weight is 243 g/mol. The molecule has 0 spiro atoms. The van der Waals surface area contributed by atoms with Crippen LogP contribution in [0.15, 0.2) is 24.3 Å². The van der Waals surface area contributed by atoms with Crippen molar-refractivity contribution in [2.75, 3.05) is 0 Å².